The Hall–Kier alpha value is -1.76. The van der Waals surface area contributed by atoms with Crippen LogP contribution in [0.1, 0.15) is 42.7 Å². The third-order valence-electron chi connectivity index (χ3n) is 6.68. The molecule has 2 saturated heterocycles. The molecule has 2 bridgehead atoms. The summed E-state index contributed by atoms with van der Waals surface area (Å²) in [6.45, 7) is 0. The molecular formula is C23H27FN2O2S. The van der Waals surface area contributed by atoms with E-state index >= 15 is 4.39 Å². The summed E-state index contributed by atoms with van der Waals surface area (Å²) in [5.41, 5.74) is 3.47. The molecule has 2 aliphatic carbocycles. The maximum absolute atomic E-state index is 15.5. The van der Waals surface area contributed by atoms with Gasteiger partial charge in [0.15, 0.2) is 0 Å². The van der Waals surface area contributed by atoms with Crippen molar-refractivity contribution in [3.63, 3.8) is 0 Å². The van der Waals surface area contributed by atoms with Crippen molar-refractivity contribution >= 4 is 10.0 Å². The second-order valence-corrected chi connectivity index (χ2v) is 10.8. The van der Waals surface area contributed by atoms with Crippen LogP contribution >= 0.6 is 0 Å². The van der Waals surface area contributed by atoms with Gasteiger partial charge in [0, 0.05) is 23.7 Å². The number of piperidine rings is 2. The minimum absolute atomic E-state index is 0.0928. The molecule has 2 aliphatic heterocycles. The molecule has 29 heavy (non-hydrogen) atoms. The van der Waals surface area contributed by atoms with E-state index in [1.165, 1.54) is 24.7 Å². The quantitative estimate of drug-likeness (QED) is 0.760. The van der Waals surface area contributed by atoms with Crippen molar-refractivity contribution in [1.82, 2.24) is 10.0 Å². The Labute approximate surface area is 172 Å². The third kappa shape index (κ3) is 3.98. The molecule has 4 aliphatic rings. The molecule has 2 aromatic rings. The fourth-order valence-corrected chi connectivity index (χ4v) is 5.86. The Balaban J connectivity index is 1.41. The highest BCUT2D eigenvalue weighted by Crippen LogP contribution is 2.42. The van der Waals surface area contributed by atoms with E-state index in [0.717, 1.165) is 18.4 Å². The van der Waals surface area contributed by atoms with Crippen molar-refractivity contribution in [2.24, 2.45) is 5.92 Å². The van der Waals surface area contributed by atoms with Gasteiger partial charge in [-0.05, 0) is 60.6 Å². The summed E-state index contributed by atoms with van der Waals surface area (Å²) < 4.78 is 42.0. The number of halogens is 1. The first-order valence-corrected chi connectivity index (χ1v) is 12.4. The Bertz CT molecular complexity index is 1030. The highest BCUT2D eigenvalue weighted by atomic mass is 32.2. The molecule has 0 aromatic heterocycles. The molecule has 0 spiro atoms. The summed E-state index contributed by atoms with van der Waals surface area (Å²) in [4.78, 5) is 0. The molecule has 0 amide bonds. The number of fused-ring (bicyclic) bond motifs is 2. The second kappa shape index (κ2) is 7.18. The van der Waals surface area contributed by atoms with E-state index in [-0.39, 0.29) is 17.9 Å². The van der Waals surface area contributed by atoms with Crippen molar-refractivity contribution in [3.8, 4) is 11.1 Å². The van der Waals surface area contributed by atoms with Gasteiger partial charge >= 0.3 is 0 Å². The number of hydrogen-bond acceptors (Lipinski definition) is 3. The summed E-state index contributed by atoms with van der Waals surface area (Å²) in [5, 5.41) is 3.53. The summed E-state index contributed by atoms with van der Waals surface area (Å²) in [6.07, 6.45) is 6.08. The van der Waals surface area contributed by atoms with Gasteiger partial charge in [-0.3, -0.25) is 0 Å². The van der Waals surface area contributed by atoms with Gasteiger partial charge in [0.05, 0.1) is 6.26 Å². The first kappa shape index (κ1) is 19.2. The van der Waals surface area contributed by atoms with Crippen LogP contribution in [0.5, 0.6) is 0 Å². The molecule has 154 valence electrons. The number of nitrogens with one attached hydrogen (secondary N) is 2. The van der Waals surface area contributed by atoms with E-state index in [1.54, 1.807) is 0 Å². The van der Waals surface area contributed by atoms with Gasteiger partial charge in [-0.15, -0.1) is 0 Å². The van der Waals surface area contributed by atoms with E-state index in [0.29, 0.717) is 35.4 Å². The predicted octanol–water partition coefficient (Wildman–Crippen LogP) is 3.58. The van der Waals surface area contributed by atoms with Gasteiger partial charge in [0.25, 0.3) is 0 Å². The lowest BCUT2D eigenvalue weighted by molar-refractivity contribution is 0.0809. The first-order chi connectivity index (χ1) is 13.9. The average molecular weight is 415 g/mol. The Morgan fingerprint density at radius 2 is 1.90 bits per heavy atom. The fourth-order valence-electron chi connectivity index (χ4n) is 5.01. The summed E-state index contributed by atoms with van der Waals surface area (Å²) in [7, 11) is -3.31. The monoisotopic (exact) mass is 414 g/mol. The van der Waals surface area contributed by atoms with Gasteiger partial charge in [0.1, 0.15) is 5.82 Å². The molecule has 2 heterocycles. The minimum atomic E-state index is -3.31. The lowest BCUT2D eigenvalue weighted by Crippen LogP contribution is -2.67. The molecule has 2 atom stereocenters. The van der Waals surface area contributed by atoms with Crippen LogP contribution in [0, 0.1) is 11.7 Å². The van der Waals surface area contributed by atoms with Crippen LogP contribution in [0.3, 0.4) is 0 Å². The van der Waals surface area contributed by atoms with Crippen LogP contribution in [0.4, 0.5) is 4.39 Å². The van der Waals surface area contributed by atoms with Crippen molar-refractivity contribution < 1.29 is 12.8 Å². The van der Waals surface area contributed by atoms with Gasteiger partial charge in [-0.25, -0.2) is 17.5 Å². The highest BCUT2D eigenvalue weighted by molar-refractivity contribution is 7.88. The van der Waals surface area contributed by atoms with Crippen LogP contribution in [0.25, 0.3) is 11.1 Å². The topological polar surface area (TPSA) is 58.2 Å². The highest BCUT2D eigenvalue weighted by Gasteiger charge is 2.46. The molecule has 6 rings (SSSR count). The lowest BCUT2D eigenvalue weighted by Gasteiger charge is -2.52. The van der Waals surface area contributed by atoms with Gasteiger partial charge in [-0.1, -0.05) is 42.5 Å². The predicted molar refractivity (Wildman–Crippen MR) is 113 cm³/mol. The van der Waals surface area contributed by atoms with E-state index in [9.17, 15) is 8.42 Å². The standard InChI is InChI=1S/C23H27FN2O2S/c1-29(27,28)26-23-18-11-19(12-18)25-21(23)13-17-6-3-7-20(22(17)24)16-5-2-4-15(10-16)14-8-9-14/h2-7,10,14,18-19,21,23,25-26H,8-9,11-13H2,1H3/t18?,19?,21-,23-/m0/s1. The summed E-state index contributed by atoms with van der Waals surface area (Å²) in [6, 6.07) is 13.9. The maximum Gasteiger partial charge on any atom is 0.209 e. The number of rotatable bonds is 6. The molecule has 2 saturated carbocycles. The smallest absolute Gasteiger partial charge is 0.209 e. The molecule has 4 fully saturated rings. The van der Waals surface area contributed by atoms with Gasteiger partial charge in [0.2, 0.25) is 10.0 Å². The van der Waals surface area contributed by atoms with Crippen molar-refractivity contribution in [2.45, 2.75) is 56.1 Å². The maximum atomic E-state index is 15.5. The SMILES string of the molecule is CS(=O)(=O)N[C@H]1C2CC(C2)N[C@H]1Cc1cccc(-c2cccc(C3CC3)c2)c1F. The van der Waals surface area contributed by atoms with E-state index in [2.05, 4.69) is 22.2 Å². The van der Waals surface area contributed by atoms with Crippen molar-refractivity contribution in [3.05, 3.63) is 59.4 Å². The third-order valence-corrected chi connectivity index (χ3v) is 7.38. The van der Waals surface area contributed by atoms with Gasteiger partial charge < -0.3 is 5.32 Å². The van der Waals surface area contributed by atoms with Crippen molar-refractivity contribution in [2.75, 3.05) is 6.26 Å². The molecule has 4 nitrogen and oxygen atoms in total. The summed E-state index contributed by atoms with van der Waals surface area (Å²) in [5.74, 6) is 0.768. The number of hydrogen-bond donors (Lipinski definition) is 2. The van der Waals surface area contributed by atoms with Crippen LogP contribution in [0.15, 0.2) is 42.5 Å². The Kier molecular flexibility index (Phi) is 4.76. The lowest BCUT2D eigenvalue weighted by atomic mass is 9.68. The number of benzene rings is 2. The Morgan fingerprint density at radius 3 is 2.62 bits per heavy atom. The van der Waals surface area contributed by atoms with E-state index < -0.39 is 10.0 Å². The molecule has 2 N–H and O–H groups in total. The van der Waals surface area contributed by atoms with Crippen molar-refractivity contribution in [1.29, 1.82) is 0 Å². The van der Waals surface area contributed by atoms with Crippen LogP contribution in [-0.4, -0.2) is 32.8 Å². The van der Waals surface area contributed by atoms with Crippen LogP contribution in [-0.2, 0) is 16.4 Å². The van der Waals surface area contributed by atoms with E-state index in [4.69, 9.17) is 0 Å². The zero-order valence-electron chi connectivity index (χ0n) is 16.6. The Morgan fingerprint density at radius 1 is 1.14 bits per heavy atom. The fraction of sp³-hybridized carbons (Fsp3) is 0.478. The molecule has 0 radical (unpaired) electrons. The molecular weight excluding hydrogens is 387 g/mol. The zero-order valence-corrected chi connectivity index (χ0v) is 17.4. The first-order valence-electron chi connectivity index (χ1n) is 10.5. The molecule has 6 heteroatoms. The van der Waals surface area contributed by atoms with Gasteiger partial charge in [-0.2, -0.15) is 0 Å². The zero-order chi connectivity index (χ0) is 20.2. The molecule has 2 aromatic carbocycles. The minimum Gasteiger partial charge on any atom is -0.309 e. The molecule has 0 unspecified atom stereocenters. The normalized spacial score (nSPS) is 28.8. The summed E-state index contributed by atoms with van der Waals surface area (Å²) >= 11 is 0. The largest absolute Gasteiger partial charge is 0.309 e. The average Bonchev–Trinajstić information content (AvgIpc) is 3.48. The second-order valence-electron chi connectivity index (χ2n) is 9.00. The van der Waals surface area contributed by atoms with E-state index in [1.807, 2.05) is 30.3 Å². The number of sulfonamides is 1. The van der Waals surface area contributed by atoms with Crippen LogP contribution < -0.4 is 10.0 Å². The van der Waals surface area contributed by atoms with Crippen LogP contribution in [0.2, 0.25) is 0 Å².